The van der Waals surface area contributed by atoms with Gasteiger partial charge in [0.05, 0.1) is 12.1 Å². The van der Waals surface area contributed by atoms with Crippen LogP contribution in [0.5, 0.6) is 6.01 Å². The summed E-state index contributed by atoms with van der Waals surface area (Å²) in [5.41, 5.74) is 1.04. The highest BCUT2D eigenvalue weighted by Gasteiger charge is 2.18. The second-order valence-corrected chi connectivity index (χ2v) is 5.35. The number of nitrogens with one attached hydrogen (secondary N) is 2. The van der Waals surface area contributed by atoms with Crippen molar-refractivity contribution in [2.45, 2.75) is 26.7 Å². The summed E-state index contributed by atoms with van der Waals surface area (Å²) in [7, 11) is 0. The molecule has 0 fully saturated rings. The molecule has 0 radical (unpaired) electrons. The first-order valence-electron chi connectivity index (χ1n) is 8.62. The summed E-state index contributed by atoms with van der Waals surface area (Å²) < 4.78 is 11.4. The molecule has 0 aliphatic heterocycles. The Morgan fingerprint density at radius 2 is 1.88 bits per heavy atom. The first kappa shape index (κ1) is 19.5. The molecule has 0 saturated carbocycles. The standard InChI is InChI=1S/C17H24N4O5/c1-3-5-10-18-17(23)26-21-14-9-7-6-8-13(14)20-15(21)25-16(22)19-11-12-24-4-2/h6-9H,3-5,10-12H2,1-2H3,(H,18,23)(H,19,22). The number of amides is 2. The van der Waals surface area contributed by atoms with Gasteiger partial charge in [0.2, 0.25) is 0 Å². The van der Waals surface area contributed by atoms with Crippen LogP contribution in [-0.4, -0.2) is 48.2 Å². The average Bonchev–Trinajstić information content (AvgIpc) is 2.96. The lowest BCUT2D eigenvalue weighted by molar-refractivity contribution is 0.119. The maximum absolute atomic E-state index is 12.0. The fraction of sp³-hybridized carbons (Fsp3) is 0.471. The summed E-state index contributed by atoms with van der Waals surface area (Å²) in [5, 5.41) is 5.17. The van der Waals surface area contributed by atoms with Crippen LogP contribution in [0.25, 0.3) is 11.0 Å². The number of carbonyl (C=O) groups excluding carboxylic acids is 2. The number of rotatable bonds is 9. The molecule has 2 amide bonds. The highest BCUT2D eigenvalue weighted by molar-refractivity contribution is 5.79. The number of ether oxygens (including phenoxy) is 2. The second kappa shape index (κ2) is 10.2. The minimum absolute atomic E-state index is 0.134. The van der Waals surface area contributed by atoms with Gasteiger partial charge in [-0.15, -0.1) is 4.73 Å². The molecule has 142 valence electrons. The van der Waals surface area contributed by atoms with Crippen molar-refractivity contribution in [1.82, 2.24) is 20.3 Å². The Morgan fingerprint density at radius 3 is 2.65 bits per heavy atom. The van der Waals surface area contributed by atoms with Gasteiger partial charge in [0.25, 0.3) is 0 Å². The molecule has 0 bridgehead atoms. The predicted octanol–water partition coefficient (Wildman–Crippen LogP) is 2.10. The van der Waals surface area contributed by atoms with Crippen LogP contribution in [0.3, 0.4) is 0 Å². The van der Waals surface area contributed by atoms with Crippen LogP contribution in [0.15, 0.2) is 24.3 Å². The normalized spacial score (nSPS) is 10.5. The van der Waals surface area contributed by atoms with Gasteiger partial charge in [-0.1, -0.05) is 25.5 Å². The first-order valence-corrected chi connectivity index (χ1v) is 8.62. The molecule has 26 heavy (non-hydrogen) atoms. The van der Waals surface area contributed by atoms with Crippen LogP contribution in [0.1, 0.15) is 26.7 Å². The lowest BCUT2D eigenvalue weighted by atomic mass is 10.3. The van der Waals surface area contributed by atoms with Crippen molar-refractivity contribution >= 4 is 23.2 Å². The molecule has 9 heteroatoms. The average molecular weight is 364 g/mol. The van der Waals surface area contributed by atoms with Crippen molar-refractivity contribution in [3.63, 3.8) is 0 Å². The number of carbonyl (C=O) groups is 2. The van der Waals surface area contributed by atoms with E-state index in [1.807, 2.05) is 13.8 Å². The Hall–Kier alpha value is -2.81. The molecular formula is C17H24N4O5. The number of fused-ring (bicyclic) bond motifs is 1. The number of benzene rings is 1. The van der Waals surface area contributed by atoms with Crippen LogP contribution >= 0.6 is 0 Å². The van der Waals surface area contributed by atoms with E-state index in [0.717, 1.165) is 17.6 Å². The molecule has 0 aliphatic rings. The molecule has 1 aromatic heterocycles. The monoisotopic (exact) mass is 364 g/mol. The zero-order chi connectivity index (χ0) is 18.8. The second-order valence-electron chi connectivity index (χ2n) is 5.35. The molecule has 2 aromatic rings. The summed E-state index contributed by atoms with van der Waals surface area (Å²) in [6, 6.07) is 6.86. The SMILES string of the molecule is CCCCNC(=O)On1c(OC(=O)NCCOCC)nc2ccccc21. The summed E-state index contributed by atoms with van der Waals surface area (Å²) in [6.45, 7) is 5.61. The van der Waals surface area contributed by atoms with Crippen molar-refractivity contribution in [2.24, 2.45) is 0 Å². The number of nitrogens with zero attached hydrogens (tertiary/aromatic N) is 2. The van der Waals surface area contributed by atoms with Crippen molar-refractivity contribution in [3.05, 3.63) is 24.3 Å². The van der Waals surface area contributed by atoms with E-state index >= 15 is 0 Å². The summed E-state index contributed by atoms with van der Waals surface area (Å²) in [4.78, 5) is 33.3. The van der Waals surface area contributed by atoms with Gasteiger partial charge in [-0.2, -0.15) is 4.98 Å². The van der Waals surface area contributed by atoms with Gasteiger partial charge in [-0.05, 0) is 25.5 Å². The third kappa shape index (κ3) is 5.62. The first-order chi connectivity index (χ1) is 12.7. The maximum atomic E-state index is 12.0. The van der Waals surface area contributed by atoms with E-state index in [1.54, 1.807) is 24.3 Å². The Morgan fingerprint density at radius 1 is 1.12 bits per heavy atom. The Balaban J connectivity index is 2.07. The van der Waals surface area contributed by atoms with Crippen molar-refractivity contribution in [2.75, 3.05) is 26.3 Å². The van der Waals surface area contributed by atoms with Crippen molar-refractivity contribution in [3.8, 4) is 6.01 Å². The minimum atomic E-state index is -0.712. The van der Waals surface area contributed by atoms with E-state index in [4.69, 9.17) is 14.3 Å². The van der Waals surface area contributed by atoms with Gasteiger partial charge in [-0.3, -0.25) is 0 Å². The molecule has 0 aliphatic carbocycles. The van der Waals surface area contributed by atoms with E-state index in [1.165, 1.54) is 0 Å². The maximum Gasteiger partial charge on any atom is 0.432 e. The summed E-state index contributed by atoms with van der Waals surface area (Å²) in [6.07, 6.45) is 0.426. The largest absolute Gasteiger partial charge is 0.432 e. The van der Waals surface area contributed by atoms with E-state index in [-0.39, 0.29) is 6.01 Å². The zero-order valence-corrected chi connectivity index (χ0v) is 15.0. The molecule has 0 saturated heterocycles. The van der Waals surface area contributed by atoms with Gasteiger partial charge in [0.15, 0.2) is 0 Å². The predicted molar refractivity (Wildman–Crippen MR) is 95.1 cm³/mol. The highest BCUT2D eigenvalue weighted by Crippen LogP contribution is 2.20. The fourth-order valence-electron chi connectivity index (χ4n) is 2.11. The number of imidazole rings is 1. The van der Waals surface area contributed by atoms with Crippen LogP contribution in [0.4, 0.5) is 9.59 Å². The smallest absolute Gasteiger partial charge is 0.380 e. The van der Waals surface area contributed by atoms with Gasteiger partial charge < -0.3 is 24.9 Å². The van der Waals surface area contributed by atoms with E-state index in [9.17, 15) is 9.59 Å². The molecule has 2 N–H and O–H groups in total. The third-order valence-electron chi connectivity index (χ3n) is 3.37. The molecule has 9 nitrogen and oxygen atoms in total. The Labute approximate surface area is 151 Å². The Bertz CT molecular complexity index is 731. The van der Waals surface area contributed by atoms with Gasteiger partial charge in [-0.25, -0.2) is 9.59 Å². The number of aromatic nitrogens is 2. The summed E-state index contributed by atoms with van der Waals surface area (Å²) >= 11 is 0. The van der Waals surface area contributed by atoms with Crippen LogP contribution in [-0.2, 0) is 4.74 Å². The van der Waals surface area contributed by atoms with Crippen LogP contribution < -0.4 is 20.2 Å². The molecule has 1 heterocycles. The number of unbranched alkanes of at least 4 members (excludes halogenated alkanes) is 1. The van der Waals surface area contributed by atoms with Gasteiger partial charge in [0.1, 0.15) is 5.52 Å². The zero-order valence-electron chi connectivity index (χ0n) is 15.0. The quantitative estimate of drug-likeness (QED) is 0.661. The molecule has 0 spiro atoms. The third-order valence-corrected chi connectivity index (χ3v) is 3.37. The number of hydrogen-bond acceptors (Lipinski definition) is 6. The van der Waals surface area contributed by atoms with E-state index in [0.29, 0.717) is 37.3 Å². The summed E-state index contributed by atoms with van der Waals surface area (Å²) in [5.74, 6) is 0. The number of para-hydroxylation sites is 2. The lowest BCUT2D eigenvalue weighted by Gasteiger charge is -2.10. The van der Waals surface area contributed by atoms with Crippen LogP contribution in [0, 0.1) is 0 Å². The van der Waals surface area contributed by atoms with Crippen molar-refractivity contribution < 1.29 is 23.9 Å². The molecule has 0 atom stereocenters. The topological polar surface area (TPSA) is 104 Å². The van der Waals surface area contributed by atoms with Crippen LogP contribution in [0.2, 0.25) is 0 Å². The molecule has 1 aromatic carbocycles. The Kier molecular flexibility index (Phi) is 7.69. The minimum Gasteiger partial charge on any atom is -0.380 e. The van der Waals surface area contributed by atoms with Gasteiger partial charge >= 0.3 is 18.2 Å². The highest BCUT2D eigenvalue weighted by atomic mass is 16.7. The number of hydrogen-bond donors (Lipinski definition) is 2. The molecule has 2 rings (SSSR count). The van der Waals surface area contributed by atoms with E-state index < -0.39 is 12.2 Å². The lowest BCUT2D eigenvalue weighted by Crippen LogP contribution is -2.34. The van der Waals surface area contributed by atoms with E-state index in [2.05, 4.69) is 15.6 Å². The molecular weight excluding hydrogens is 340 g/mol. The fourth-order valence-corrected chi connectivity index (χ4v) is 2.11. The molecule has 0 unspecified atom stereocenters. The van der Waals surface area contributed by atoms with Crippen molar-refractivity contribution in [1.29, 1.82) is 0 Å². The van der Waals surface area contributed by atoms with Gasteiger partial charge in [0, 0.05) is 19.7 Å².